The van der Waals surface area contributed by atoms with Gasteiger partial charge >= 0.3 is 0 Å². The van der Waals surface area contributed by atoms with Gasteiger partial charge in [-0.15, -0.1) is 0 Å². The van der Waals surface area contributed by atoms with Gasteiger partial charge in [0.2, 0.25) is 0 Å². The Labute approximate surface area is 125 Å². The quantitative estimate of drug-likeness (QED) is 0.661. The van der Waals surface area contributed by atoms with Gasteiger partial charge in [0.15, 0.2) is 0 Å². The molecule has 2 atom stereocenters. The molecule has 2 unspecified atom stereocenters. The third-order valence-electron chi connectivity index (χ3n) is 2.93. The molecule has 0 radical (unpaired) electrons. The standard InChI is InChI=1S/C13H12BrClO3S/c14-13(9-10-4-3-5-11(15)8-10)7-2-1-6-12(13)19(16,17)18/h1-8,12H,9H2,(H,16,17,18). The van der Waals surface area contributed by atoms with E-state index >= 15 is 0 Å². The minimum absolute atomic E-state index is 0.402. The van der Waals surface area contributed by atoms with E-state index in [1.165, 1.54) is 6.08 Å². The predicted molar refractivity (Wildman–Crippen MR) is 80.4 cm³/mol. The molecule has 1 aliphatic rings. The van der Waals surface area contributed by atoms with Crippen molar-refractivity contribution in [3.05, 3.63) is 59.2 Å². The molecule has 3 nitrogen and oxygen atoms in total. The minimum atomic E-state index is -4.18. The van der Waals surface area contributed by atoms with Gasteiger partial charge in [-0.3, -0.25) is 4.55 Å². The molecule has 0 spiro atoms. The molecule has 1 aromatic carbocycles. The number of hydrogen-bond donors (Lipinski definition) is 1. The summed E-state index contributed by atoms with van der Waals surface area (Å²) in [6.07, 6.45) is 6.96. The van der Waals surface area contributed by atoms with Crippen LogP contribution in [0.4, 0.5) is 0 Å². The molecular weight excluding hydrogens is 352 g/mol. The van der Waals surface area contributed by atoms with E-state index in [1.54, 1.807) is 36.4 Å². The second kappa shape index (κ2) is 5.40. The summed E-state index contributed by atoms with van der Waals surface area (Å²) in [4.78, 5) is 0. The lowest BCUT2D eigenvalue weighted by Gasteiger charge is -2.31. The van der Waals surface area contributed by atoms with Crippen LogP contribution < -0.4 is 0 Å². The number of hydrogen-bond acceptors (Lipinski definition) is 2. The van der Waals surface area contributed by atoms with E-state index < -0.39 is 19.7 Å². The summed E-state index contributed by atoms with van der Waals surface area (Å²) in [6, 6.07) is 7.20. The topological polar surface area (TPSA) is 54.4 Å². The molecule has 0 fully saturated rings. The highest BCUT2D eigenvalue weighted by Crippen LogP contribution is 2.36. The van der Waals surface area contributed by atoms with Crippen LogP contribution in [-0.2, 0) is 16.5 Å². The van der Waals surface area contributed by atoms with Crippen molar-refractivity contribution in [3.8, 4) is 0 Å². The van der Waals surface area contributed by atoms with Gasteiger partial charge < -0.3 is 0 Å². The lowest BCUT2D eigenvalue weighted by Crippen LogP contribution is -2.42. The van der Waals surface area contributed by atoms with Crippen LogP contribution in [0.1, 0.15) is 5.56 Å². The normalized spacial score (nSPS) is 26.6. The molecular formula is C13H12BrClO3S. The Kier molecular flexibility index (Phi) is 4.20. The van der Waals surface area contributed by atoms with E-state index in [-0.39, 0.29) is 0 Å². The van der Waals surface area contributed by atoms with Gasteiger partial charge in [0, 0.05) is 5.02 Å². The number of benzene rings is 1. The summed E-state index contributed by atoms with van der Waals surface area (Å²) in [5.41, 5.74) is 0.887. The lowest BCUT2D eigenvalue weighted by molar-refractivity contribution is 0.466. The third-order valence-corrected chi connectivity index (χ3v) is 5.72. The summed E-state index contributed by atoms with van der Waals surface area (Å²) in [6.45, 7) is 0. The van der Waals surface area contributed by atoms with Crippen LogP contribution in [0.2, 0.25) is 5.02 Å². The molecule has 0 amide bonds. The lowest BCUT2D eigenvalue weighted by atomic mass is 9.92. The van der Waals surface area contributed by atoms with Gasteiger partial charge in [0.05, 0.1) is 4.32 Å². The molecule has 0 heterocycles. The van der Waals surface area contributed by atoms with Crippen molar-refractivity contribution in [2.45, 2.75) is 16.0 Å². The predicted octanol–water partition coefficient (Wildman–Crippen LogP) is 3.40. The van der Waals surface area contributed by atoms with Crippen LogP contribution >= 0.6 is 27.5 Å². The SMILES string of the molecule is O=S(=O)(O)C1C=CC=CC1(Br)Cc1cccc(Cl)c1. The van der Waals surface area contributed by atoms with Crippen LogP contribution in [0.25, 0.3) is 0 Å². The van der Waals surface area contributed by atoms with Crippen LogP contribution in [0, 0.1) is 0 Å². The number of alkyl halides is 1. The van der Waals surface area contributed by atoms with Crippen LogP contribution in [0.3, 0.4) is 0 Å². The zero-order chi connectivity index (χ0) is 14.1. The first-order valence-corrected chi connectivity index (χ1v) is 8.24. The second-order valence-electron chi connectivity index (χ2n) is 4.41. The van der Waals surface area contributed by atoms with Gasteiger partial charge in [-0.25, -0.2) is 0 Å². The zero-order valence-electron chi connectivity index (χ0n) is 9.83. The van der Waals surface area contributed by atoms with Crippen LogP contribution in [0.15, 0.2) is 48.6 Å². The van der Waals surface area contributed by atoms with Crippen molar-refractivity contribution in [2.24, 2.45) is 0 Å². The Morgan fingerprint density at radius 3 is 2.74 bits per heavy atom. The first-order valence-electron chi connectivity index (χ1n) is 5.57. The largest absolute Gasteiger partial charge is 0.285 e. The minimum Gasteiger partial charge on any atom is -0.285 e. The van der Waals surface area contributed by atoms with Crippen molar-refractivity contribution in [1.82, 2.24) is 0 Å². The van der Waals surface area contributed by atoms with Gasteiger partial charge in [-0.05, 0) is 24.1 Å². The van der Waals surface area contributed by atoms with E-state index in [0.29, 0.717) is 11.4 Å². The van der Waals surface area contributed by atoms with Crippen molar-refractivity contribution < 1.29 is 13.0 Å². The van der Waals surface area contributed by atoms with Crippen molar-refractivity contribution in [2.75, 3.05) is 0 Å². The number of halogens is 2. The fourth-order valence-electron chi connectivity index (χ4n) is 2.10. The zero-order valence-corrected chi connectivity index (χ0v) is 13.0. The fourth-order valence-corrected chi connectivity index (χ4v) is 4.60. The molecule has 0 saturated heterocycles. The Morgan fingerprint density at radius 1 is 1.37 bits per heavy atom. The average molecular weight is 364 g/mol. The molecule has 1 N–H and O–H groups in total. The maximum absolute atomic E-state index is 11.5. The first kappa shape index (κ1) is 14.8. The summed E-state index contributed by atoms with van der Waals surface area (Å²) >= 11 is 9.36. The highest BCUT2D eigenvalue weighted by molar-refractivity contribution is 9.10. The van der Waals surface area contributed by atoms with Crippen molar-refractivity contribution in [3.63, 3.8) is 0 Å². The molecule has 6 heteroatoms. The Balaban J connectivity index is 2.35. The van der Waals surface area contributed by atoms with E-state index in [9.17, 15) is 13.0 Å². The Bertz CT molecular complexity index is 639. The monoisotopic (exact) mass is 362 g/mol. The molecule has 0 aromatic heterocycles. The maximum atomic E-state index is 11.5. The van der Waals surface area contributed by atoms with Crippen molar-refractivity contribution >= 4 is 37.6 Å². The second-order valence-corrected chi connectivity index (χ2v) is 7.86. The molecule has 0 bridgehead atoms. The molecule has 102 valence electrons. The fraction of sp³-hybridized carbons (Fsp3) is 0.231. The van der Waals surface area contributed by atoms with Gasteiger partial charge in [0.25, 0.3) is 10.1 Å². The van der Waals surface area contributed by atoms with E-state index in [1.807, 2.05) is 6.07 Å². The molecule has 0 saturated carbocycles. The van der Waals surface area contributed by atoms with E-state index in [0.717, 1.165) is 5.56 Å². The average Bonchev–Trinajstić information content (AvgIpc) is 2.27. The summed E-state index contributed by atoms with van der Waals surface area (Å²) in [5.74, 6) is 0. The van der Waals surface area contributed by atoms with E-state index in [2.05, 4.69) is 15.9 Å². The number of rotatable bonds is 3. The van der Waals surface area contributed by atoms with Crippen LogP contribution in [0.5, 0.6) is 0 Å². The molecule has 19 heavy (non-hydrogen) atoms. The van der Waals surface area contributed by atoms with Gasteiger partial charge in [-0.2, -0.15) is 8.42 Å². The molecule has 1 aliphatic carbocycles. The third kappa shape index (κ3) is 3.48. The summed E-state index contributed by atoms with van der Waals surface area (Å²) in [7, 11) is -4.18. The first-order chi connectivity index (χ1) is 8.81. The van der Waals surface area contributed by atoms with E-state index in [4.69, 9.17) is 11.6 Å². The molecule has 0 aliphatic heterocycles. The molecule has 1 aromatic rings. The maximum Gasteiger partial charge on any atom is 0.273 e. The highest BCUT2D eigenvalue weighted by Gasteiger charge is 2.41. The number of allylic oxidation sites excluding steroid dienone is 3. The summed E-state index contributed by atoms with van der Waals surface area (Å²) in [5, 5.41) is -0.434. The molecule has 2 rings (SSSR count). The Morgan fingerprint density at radius 2 is 2.11 bits per heavy atom. The van der Waals surface area contributed by atoms with Crippen molar-refractivity contribution in [1.29, 1.82) is 0 Å². The summed E-state index contributed by atoms with van der Waals surface area (Å²) < 4.78 is 31.4. The van der Waals surface area contributed by atoms with Gasteiger partial charge in [-0.1, -0.05) is 64.0 Å². The highest BCUT2D eigenvalue weighted by atomic mass is 79.9. The smallest absolute Gasteiger partial charge is 0.273 e. The van der Waals surface area contributed by atoms with Crippen LogP contribution in [-0.4, -0.2) is 22.5 Å². The Hall–Kier alpha value is -0.620. The van der Waals surface area contributed by atoms with Gasteiger partial charge in [0.1, 0.15) is 5.25 Å².